The largest absolute Gasteiger partial charge is 0.355 e. The molecule has 6 heteroatoms. The van der Waals surface area contributed by atoms with Gasteiger partial charge in [0, 0.05) is 19.6 Å². The first-order valence-electron chi connectivity index (χ1n) is 7.37. The van der Waals surface area contributed by atoms with Gasteiger partial charge in [0.1, 0.15) is 5.82 Å². The van der Waals surface area contributed by atoms with Crippen LogP contribution in [0.1, 0.15) is 27.2 Å². The Balaban J connectivity index is 2.02. The quantitative estimate of drug-likeness (QED) is 0.898. The van der Waals surface area contributed by atoms with Crippen LogP contribution in [0.3, 0.4) is 0 Å². The van der Waals surface area contributed by atoms with Crippen molar-refractivity contribution >= 4 is 22.8 Å². The van der Waals surface area contributed by atoms with Crippen LogP contribution in [0.25, 0.3) is 11.0 Å². The first-order valence-corrected chi connectivity index (χ1v) is 7.37. The Morgan fingerprint density at radius 3 is 2.75 bits per heavy atom. The zero-order chi connectivity index (χ0) is 14.1. The van der Waals surface area contributed by atoms with E-state index in [0.29, 0.717) is 17.8 Å². The van der Waals surface area contributed by atoms with Crippen LogP contribution < -0.4 is 10.2 Å². The van der Waals surface area contributed by atoms with Gasteiger partial charge in [-0.25, -0.2) is 0 Å². The second-order valence-electron chi connectivity index (χ2n) is 5.88. The Bertz CT molecular complexity index is 582. The zero-order valence-corrected chi connectivity index (χ0v) is 12.3. The van der Waals surface area contributed by atoms with Crippen molar-refractivity contribution in [3.05, 3.63) is 6.20 Å². The van der Waals surface area contributed by atoms with Gasteiger partial charge in [0.2, 0.25) is 5.95 Å². The Kier molecular flexibility index (Phi) is 3.46. The minimum absolute atomic E-state index is 0.671. The summed E-state index contributed by atoms with van der Waals surface area (Å²) in [6.07, 6.45) is 3.11. The number of hydrogen-bond donors (Lipinski definition) is 2. The molecule has 3 rings (SSSR count). The monoisotopic (exact) mass is 274 g/mol. The number of nitrogens with one attached hydrogen (secondary N) is 2. The summed E-state index contributed by atoms with van der Waals surface area (Å²) in [4.78, 5) is 11.5. The van der Waals surface area contributed by atoms with Crippen LogP contribution in [0, 0.1) is 11.8 Å². The van der Waals surface area contributed by atoms with E-state index in [4.69, 9.17) is 4.98 Å². The fraction of sp³-hybridized carbons (Fsp3) is 0.643. The molecule has 3 heterocycles. The lowest BCUT2D eigenvalue weighted by Crippen LogP contribution is -2.39. The predicted molar refractivity (Wildman–Crippen MR) is 81.0 cm³/mol. The van der Waals surface area contributed by atoms with Crippen molar-refractivity contribution in [1.82, 2.24) is 20.2 Å². The molecule has 0 saturated carbocycles. The van der Waals surface area contributed by atoms with Crippen LogP contribution in [0.2, 0.25) is 0 Å². The van der Waals surface area contributed by atoms with Gasteiger partial charge >= 0.3 is 0 Å². The number of piperidine rings is 1. The highest BCUT2D eigenvalue weighted by molar-refractivity contribution is 5.87. The summed E-state index contributed by atoms with van der Waals surface area (Å²) in [5.41, 5.74) is 0.803. The molecule has 0 radical (unpaired) electrons. The molecule has 20 heavy (non-hydrogen) atoms. The molecule has 0 bridgehead atoms. The third kappa shape index (κ3) is 2.42. The van der Waals surface area contributed by atoms with Gasteiger partial charge in [-0.15, -0.1) is 0 Å². The zero-order valence-electron chi connectivity index (χ0n) is 12.3. The van der Waals surface area contributed by atoms with Gasteiger partial charge in [-0.2, -0.15) is 15.1 Å². The highest BCUT2D eigenvalue weighted by Gasteiger charge is 2.25. The first-order chi connectivity index (χ1) is 9.67. The van der Waals surface area contributed by atoms with Crippen molar-refractivity contribution in [1.29, 1.82) is 0 Å². The molecule has 2 aromatic rings. The van der Waals surface area contributed by atoms with Gasteiger partial charge in [-0.1, -0.05) is 13.8 Å². The van der Waals surface area contributed by atoms with Crippen molar-refractivity contribution < 1.29 is 0 Å². The summed E-state index contributed by atoms with van der Waals surface area (Å²) < 4.78 is 0. The van der Waals surface area contributed by atoms with E-state index in [1.807, 2.05) is 13.1 Å². The molecule has 2 unspecified atom stereocenters. The van der Waals surface area contributed by atoms with Gasteiger partial charge in [-0.3, -0.25) is 5.10 Å². The highest BCUT2D eigenvalue weighted by Crippen LogP contribution is 2.29. The average Bonchev–Trinajstić information content (AvgIpc) is 2.85. The van der Waals surface area contributed by atoms with Gasteiger partial charge < -0.3 is 10.2 Å². The summed E-state index contributed by atoms with van der Waals surface area (Å²) in [6, 6.07) is 0. The molecule has 0 aromatic carbocycles. The Labute approximate surface area is 119 Å². The molecule has 1 fully saturated rings. The summed E-state index contributed by atoms with van der Waals surface area (Å²) >= 11 is 0. The van der Waals surface area contributed by atoms with Crippen molar-refractivity contribution in [3.63, 3.8) is 0 Å². The second-order valence-corrected chi connectivity index (χ2v) is 5.88. The minimum atomic E-state index is 0.671. The molecule has 2 aromatic heterocycles. The maximum atomic E-state index is 4.70. The topological polar surface area (TPSA) is 69.7 Å². The Morgan fingerprint density at radius 1 is 1.30 bits per heavy atom. The van der Waals surface area contributed by atoms with E-state index in [2.05, 4.69) is 39.2 Å². The molecule has 2 atom stereocenters. The number of anilines is 2. The number of hydrogen-bond acceptors (Lipinski definition) is 5. The van der Waals surface area contributed by atoms with Gasteiger partial charge in [0.15, 0.2) is 5.65 Å². The molecular formula is C14H22N6. The normalized spacial score (nSPS) is 23.2. The number of fused-ring (bicyclic) bond motifs is 1. The lowest BCUT2D eigenvalue weighted by molar-refractivity contribution is 0.356. The van der Waals surface area contributed by atoms with Crippen LogP contribution in [-0.4, -0.2) is 39.8 Å². The Morgan fingerprint density at radius 2 is 2.05 bits per heavy atom. The van der Waals surface area contributed by atoms with Gasteiger partial charge in [0.05, 0.1) is 11.6 Å². The van der Waals surface area contributed by atoms with E-state index in [1.54, 1.807) is 0 Å². The predicted octanol–water partition coefficient (Wildman–Crippen LogP) is 2.27. The molecule has 1 saturated heterocycles. The number of rotatable bonds is 3. The molecule has 1 aliphatic rings. The molecule has 1 aliphatic heterocycles. The summed E-state index contributed by atoms with van der Waals surface area (Å²) in [5.74, 6) is 3.06. The lowest BCUT2D eigenvalue weighted by atomic mass is 9.92. The highest BCUT2D eigenvalue weighted by atomic mass is 15.3. The second kappa shape index (κ2) is 5.26. The van der Waals surface area contributed by atoms with Crippen LogP contribution >= 0.6 is 0 Å². The number of aromatic amines is 1. The van der Waals surface area contributed by atoms with E-state index < -0.39 is 0 Å². The summed E-state index contributed by atoms with van der Waals surface area (Å²) in [6.45, 7) is 9.57. The fourth-order valence-corrected chi connectivity index (χ4v) is 3.13. The van der Waals surface area contributed by atoms with Crippen molar-refractivity contribution in [2.45, 2.75) is 27.2 Å². The maximum Gasteiger partial charge on any atom is 0.226 e. The van der Waals surface area contributed by atoms with Crippen LogP contribution in [0.4, 0.5) is 11.8 Å². The van der Waals surface area contributed by atoms with Gasteiger partial charge in [-0.05, 0) is 25.2 Å². The minimum Gasteiger partial charge on any atom is -0.355 e. The van der Waals surface area contributed by atoms with Crippen molar-refractivity contribution in [2.24, 2.45) is 11.8 Å². The fourth-order valence-electron chi connectivity index (χ4n) is 3.13. The smallest absolute Gasteiger partial charge is 0.226 e. The molecule has 0 amide bonds. The molecule has 0 spiro atoms. The molecule has 2 N–H and O–H groups in total. The van der Waals surface area contributed by atoms with Crippen molar-refractivity contribution in [3.8, 4) is 0 Å². The van der Waals surface area contributed by atoms with E-state index in [9.17, 15) is 0 Å². The molecular weight excluding hydrogens is 252 g/mol. The molecule has 108 valence electrons. The number of H-pyrrole nitrogens is 1. The lowest BCUT2D eigenvalue weighted by Gasteiger charge is -2.36. The van der Waals surface area contributed by atoms with E-state index in [1.165, 1.54) is 6.42 Å². The number of nitrogens with zero attached hydrogens (tertiary/aromatic N) is 4. The maximum absolute atomic E-state index is 4.70. The van der Waals surface area contributed by atoms with E-state index >= 15 is 0 Å². The SMILES string of the molecule is CCNc1nc(N2CC(C)CC(C)C2)c2cn[nH]c2n1. The van der Waals surface area contributed by atoms with Crippen LogP contribution in [0.15, 0.2) is 6.20 Å². The molecule has 6 nitrogen and oxygen atoms in total. The first kappa shape index (κ1) is 13.1. The summed E-state index contributed by atoms with van der Waals surface area (Å²) in [5, 5.41) is 11.3. The van der Waals surface area contributed by atoms with Crippen LogP contribution in [-0.2, 0) is 0 Å². The van der Waals surface area contributed by atoms with Crippen LogP contribution in [0.5, 0.6) is 0 Å². The standard InChI is InChI=1S/C14H22N6/c1-4-15-14-17-12-11(6-16-19-12)13(18-14)20-7-9(2)5-10(3)8-20/h6,9-10H,4-5,7-8H2,1-3H3,(H2,15,16,17,18,19). The third-order valence-electron chi connectivity index (χ3n) is 3.79. The average molecular weight is 274 g/mol. The van der Waals surface area contributed by atoms with Crippen molar-refractivity contribution in [2.75, 3.05) is 29.9 Å². The summed E-state index contributed by atoms with van der Waals surface area (Å²) in [7, 11) is 0. The van der Waals surface area contributed by atoms with E-state index in [0.717, 1.165) is 36.5 Å². The molecule has 0 aliphatic carbocycles. The Hall–Kier alpha value is -1.85. The number of aromatic nitrogens is 4. The van der Waals surface area contributed by atoms with E-state index in [-0.39, 0.29) is 0 Å². The van der Waals surface area contributed by atoms with Gasteiger partial charge in [0.25, 0.3) is 0 Å². The third-order valence-corrected chi connectivity index (χ3v) is 3.79.